The van der Waals surface area contributed by atoms with E-state index in [1.54, 1.807) is 0 Å². The van der Waals surface area contributed by atoms with Gasteiger partial charge in [0, 0.05) is 0 Å². The van der Waals surface area contributed by atoms with E-state index in [0.29, 0.717) is 0 Å². The average molecular weight is 176 g/mol. The Morgan fingerprint density at radius 3 is 2.45 bits per heavy atom. The van der Waals surface area contributed by atoms with Crippen LogP contribution in [0.25, 0.3) is 0 Å². The van der Waals surface area contributed by atoms with Crippen LogP contribution in [0.2, 0.25) is 0 Å². The molecule has 0 radical (unpaired) electrons. The molecule has 0 heterocycles. The highest BCUT2D eigenvalue weighted by Crippen LogP contribution is 1.81. The van der Waals surface area contributed by atoms with Gasteiger partial charge in [0.25, 0.3) is 0 Å². The third kappa shape index (κ3) is 7.01. The smallest absolute Gasteiger partial charge is 0.220 e. The molecule has 0 atom stereocenters. The number of aliphatic imine (C=N–C) groups is 1. The summed E-state index contributed by atoms with van der Waals surface area (Å²) >= 11 is 4.47. The van der Waals surface area contributed by atoms with Gasteiger partial charge in [0.1, 0.15) is 0 Å². The van der Waals surface area contributed by atoms with Crippen LogP contribution in [-0.4, -0.2) is 17.2 Å². The minimum absolute atomic E-state index is 0.0232. The summed E-state index contributed by atoms with van der Waals surface area (Å²) in [5.74, 6) is 0.0613. The van der Waals surface area contributed by atoms with Crippen LogP contribution in [0.5, 0.6) is 0 Å². The summed E-state index contributed by atoms with van der Waals surface area (Å²) in [5.41, 5.74) is 12.7. The number of guanidine groups is 1. The van der Waals surface area contributed by atoms with Crippen LogP contribution in [-0.2, 0) is 4.84 Å². The second kappa shape index (κ2) is 4.86. The summed E-state index contributed by atoms with van der Waals surface area (Å²) in [7, 11) is 0. The van der Waals surface area contributed by atoms with Gasteiger partial charge >= 0.3 is 0 Å². The van der Waals surface area contributed by atoms with Gasteiger partial charge in [-0.1, -0.05) is 0 Å². The summed E-state index contributed by atoms with van der Waals surface area (Å²) in [4.78, 5) is 8.40. The third-order valence-corrected chi connectivity index (χ3v) is 0.721. The van der Waals surface area contributed by atoms with Gasteiger partial charge in [0.2, 0.25) is 5.96 Å². The van der Waals surface area contributed by atoms with Gasteiger partial charge in [-0.05, 0) is 26.1 Å². The maximum atomic E-state index is 5.27. The molecule has 0 aromatic carbocycles. The number of hydroxylamine groups is 1. The summed E-state index contributed by atoms with van der Waals surface area (Å²) in [6.07, 6.45) is 0.0232. The van der Waals surface area contributed by atoms with Gasteiger partial charge < -0.3 is 11.5 Å². The van der Waals surface area contributed by atoms with Crippen molar-refractivity contribution in [2.24, 2.45) is 16.5 Å². The molecule has 0 saturated heterocycles. The van der Waals surface area contributed by atoms with Gasteiger partial charge in [-0.2, -0.15) is 4.99 Å². The second-order valence-corrected chi connectivity index (χ2v) is 2.52. The van der Waals surface area contributed by atoms with Crippen LogP contribution < -0.4 is 16.9 Å². The molecule has 0 aromatic rings. The molecule has 0 unspecified atom stereocenters. The van der Waals surface area contributed by atoms with E-state index in [1.807, 2.05) is 13.8 Å². The molecule has 0 saturated carbocycles. The van der Waals surface area contributed by atoms with Crippen molar-refractivity contribution >= 4 is 23.3 Å². The molecule has 0 spiro atoms. The Kier molecular flexibility index (Phi) is 4.47. The molecule has 0 fully saturated rings. The van der Waals surface area contributed by atoms with Crippen LogP contribution in [0.15, 0.2) is 4.99 Å². The normalized spacial score (nSPS) is 11.7. The molecule has 0 amide bonds. The fourth-order valence-electron chi connectivity index (χ4n) is 0.320. The molecule has 5 nitrogen and oxygen atoms in total. The van der Waals surface area contributed by atoms with E-state index in [-0.39, 0.29) is 17.2 Å². The Morgan fingerprint density at radius 2 is 2.09 bits per heavy atom. The molecule has 0 aliphatic carbocycles. The van der Waals surface area contributed by atoms with E-state index in [4.69, 9.17) is 16.3 Å². The van der Waals surface area contributed by atoms with E-state index >= 15 is 0 Å². The second-order valence-electron chi connectivity index (χ2n) is 2.10. The van der Waals surface area contributed by atoms with Gasteiger partial charge in [-0.15, -0.1) is 0 Å². The molecule has 5 N–H and O–H groups in total. The molecule has 6 heteroatoms. The summed E-state index contributed by atoms with van der Waals surface area (Å²) < 4.78 is 0. The number of nitrogens with one attached hydrogen (secondary N) is 1. The molecular weight excluding hydrogens is 164 g/mol. The van der Waals surface area contributed by atoms with Crippen LogP contribution in [0.3, 0.4) is 0 Å². The zero-order valence-electron chi connectivity index (χ0n) is 6.50. The maximum Gasteiger partial charge on any atom is 0.220 e. The van der Waals surface area contributed by atoms with Crippen molar-refractivity contribution in [1.29, 1.82) is 0 Å². The summed E-state index contributed by atoms with van der Waals surface area (Å²) in [5, 5.41) is -0.0256. The van der Waals surface area contributed by atoms with E-state index in [2.05, 4.69) is 22.7 Å². The molecule has 0 bridgehead atoms. The van der Waals surface area contributed by atoms with Crippen molar-refractivity contribution in [2.75, 3.05) is 0 Å². The van der Waals surface area contributed by atoms with Gasteiger partial charge in [-0.25, -0.2) is 5.48 Å². The first-order valence-electron chi connectivity index (χ1n) is 3.07. The first-order valence-corrected chi connectivity index (χ1v) is 3.48. The number of nitrogens with two attached hydrogens (primary N) is 2. The highest BCUT2D eigenvalue weighted by atomic mass is 32.1. The van der Waals surface area contributed by atoms with Gasteiger partial charge in [0.05, 0.1) is 6.10 Å². The van der Waals surface area contributed by atoms with Crippen LogP contribution in [0, 0.1) is 0 Å². The van der Waals surface area contributed by atoms with E-state index in [9.17, 15) is 0 Å². The van der Waals surface area contributed by atoms with Gasteiger partial charge in [0.15, 0.2) is 5.11 Å². The zero-order chi connectivity index (χ0) is 8.85. The van der Waals surface area contributed by atoms with E-state index in [1.165, 1.54) is 0 Å². The van der Waals surface area contributed by atoms with Crippen molar-refractivity contribution in [1.82, 2.24) is 5.48 Å². The van der Waals surface area contributed by atoms with Crippen molar-refractivity contribution in [2.45, 2.75) is 20.0 Å². The van der Waals surface area contributed by atoms with Crippen LogP contribution in [0.4, 0.5) is 0 Å². The SMILES string of the molecule is CC(C)ON/C(N)=N/C(N)=S. The molecular formula is C5H12N4OS. The molecule has 0 aromatic heterocycles. The minimum Gasteiger partial charge on any atom is -0.374 e. The average Bonchev–Trinajstić information content (AvgIpc) is 1.82. The quantitative estimate of drug-likeness (QED) is 0.228. The topological polar surface area (TPSA) is 85.7 Å². The molecule has 0 rings (SSSR count). The lowest BCUT2D eigenvalue weighted by molar-refractivity contribution is 0.0326. The van der Waals surface area contributed by atoms with Crippen LogP contribution >= 0.6 is 12.2 Å². The fourth-order valence-corrected chi connectivity index (χ4v) is 0.418. The van der Waals surface area contributed by atoms with Crippen molar-refractivity contribution in [3.05, 3.63) is 0 Å². The Morgan fingerprint density at radius 1 is 1.55 bits per heavy atom. The lowest BCUT2D eigenvalue weighted by Crippen LogP contribution is -2.35. The predicted molar refractivity (Wildman–Crippen MR) is 47.8 cm³/mol. The Balaban J connectivity index is 3.68. The lowest BCUT2D eigenvalue weighted by atomic mass is 10.5. The van der Waals surface area contributed by atoms with Crippen molar-refractivity contribution in [3.63, 3.8) is 0 Å². The first-order chi connectivity index (χ1) is 5.02. The predicted octanol–water partition coefficient (Wildman–Crippen LogP) is -0.526. The number of hydrogen-bond donors (Lipinski definition) is 3. The number of rotatable bonds is 2. The Labute approximate surface area is 70.8 Å². The summed E-state index contributed by atoms with van der Waals surface area (Å²) in [6, 6.07) is 0. The van der Waals surface area contributed by atoms with E-state index < -0.39 is 0 Å². The Bertz CT molecular complexity index is 168. The van der Waals surface area contributed by atoms with E-state index in [0.717, 1.165) is 0 Å². The minimum atomic E-state index is -0.0256. The monoisotopic (exact) mass is 176 g/mol. The molecule has 0 aliphatic rings. The van der Waals surface area contributed by atoms with Crippen molar-refractivity contribution in [3.8, 4) is 0 Å². The Hall–Kier alpha value is -0.880. The first kappa shape index (κ1) is 10.1. The molecule has 0 aliphatic heterocycles. The number of hydrogen-bond acceptors (Lipinski definition) is 2. The zero-order valence-corrected chi connectivity index (χ0v) is 7.31. The number of nitrogens with zero attached hydrogens (tertiary/aromatic N) is 1. The van der Waals surface area contributed by atoms with Crippen LogP contribution in [0.1, 0.15) is 13.8 Å². The standard InChI is InChI=1S/C5H12N4OS/c1-3(2)10-9-4(6)8-5(7)11/h3H,1-2H3,(H5,6,7,8,9,11). The molecule has 64 valence electrons. The molecule has 11 heavy (non-hydrogen) atoms. The maximum absolute atomic E-state index is 5.27. The fraction of sp³-hybridized carbons (Fsp3) is 0.600. The summed E-state index contributed by atoms with van der Waals surface area (Å²) in [6.45, 7) is 3.70. The van der Waals surface area contributed by atoms with Crippen molar-refractivity contribution < 1.29 is 4.84 Å². The lowest BCUT2D eigenvalue weighted by Gasteiger charge is -2.07. The third-order valence-electron chi connectivity index (χ3n) is 0.630. The van der Waals surface area contributed by atoms with Gasteiger partial charge in [-0.3, -0.25) is 4.84 Å². The highest BCUT2D eigenvalue weighted by molar-refractivity contribution is 7.80. The largest absolute Gasteiger partial charge is 0.374 e. The highest BCUT2D eigenvalue weighted by Gasteiger charge is 1.94. The number of thiocarbonyl (C=S) groups is 1.